The van der Waals surface area contributed by atoms with Gasteiger partial charge in [-0.05, 0) is 36.6 Å². The monoisotopic (exact) mass is 419 g/mol. The molecule has 2 saturated heterocycles. The number of hydrogen-bond donors (Lipinski definition) is 0. The summed E-state index contributed by atoms with van der Waals surface area (Å²) in [7, 11) is 0. The summed E-state index contributed by atoms with van der Waals surface area (Å²) < 4.78 is 11.1. The molecule has 0 aliphatic carbocycles. The van der Waals surface area contributed by atoms with Crippen LogP contribution >= 0.6 is 11.6 Å². The first-order valence-electron chi connectivity index (χ1n) is 10.2. The van der Waals surface area contributed by atoms with E-state index in [-0.39, 0.29) is 11.8 Å². The fourth-order valence-corrected chi connectivity index (χ4v) is 4.16. The van der Waals surface area contributed by atoms with Gasteiger partial charge in [0.1, 0.15) is 13.2 Å². The van der Waals surface area contributed by atoms with Crippen molar-refractivity contribution in [3.63, 3.8) is 0 Å². The smallest absolute Gasteiger partial charge is 0.246 e. The number of halogens is 1. The minimum Gasteiger partial charge on any atom is -0.486 e. The highest BCUT2D eigenvalue weighted by molar-refractivity contribution is 6.32. The lowest BCUT2D eigenvalue weighted by Crippen LogP contribution is -2.51. The number of piperazine rings is 1. The van der Waals surface area contributed by atoms with Crippen molar-refractivity contribution in [3.8, 4) is 11.5 Å². The zero-order chi connectivity index (χ0) is 20.2. The lowest BCUT2D eigenvalue weighted by Gasteiger charge is -2.34. The number of likely N-dealkylation sites (tertiary alicyclic amines) is 1. The molecule has 0 radical (unpaired) electrons. The van der Waals surface area contributed by atoms with Crippen molar-refractivity contribution in [2.45, 2.75) is 12.8 Å². The second-order valence-corrected chi connectivity index (χ2v) is 7.96. The van der Waals surface area contributed by atoms with Gasteiger partial charge in [0.05, 0.1) is 11.6 Å². The molecule has 0 aromatic heterocycles. The van der Waals surface area contributed by atoms with Crippen LogP contribution in [-0.2, 0) is 9.59 Å². The fraction of sp³-hybridized carbons (Fsp3) is 0.524. The van der Waals surface area contributed by atoms with E-state index in [4.69, 9.17) is 21.1 Å². The van der Waals surface area contributed by atoms with Crippen molar-refractivity contribution >= 4 is 29.5 Å². The molecule has 4 rings (SSSR count). The Kier molecular flexibility index (Phi) is 6.25. The van der Waals surface area contributed by atoms with Gasteiger partial charge in [-0.2, -0.15) is 0 Å². The molecule has 0 atom stereocenters. The van der Waals surface area contributed by atoms with E-state index in [9.17, 15) is 9.59 Å². The Hall–Kier alpha value is -2.25. The summed E-state index contributed by atoms with van der Waals surface area (Å²) in [5, 5.41) is 0.477. The van der Waals surface area contributed by atoms with Crippen LogP contribution in [0.2, 0.25) is 5.02 Å². The Balaban J connectivity index is 1.28. The lowest BCUT2D eigenvalue weighted by molar-refractivity contribution is -0.132. The van der Waals surface area contributed by atoms with Crippen LogP contribution in [0.25, 0.3) is 6.08 Å². The van der Waals surface area contributed by atoms with Gasteiger partial charge in [0.25, 0.3) is 0 Å². The summed E-state index contributed by atoms with van der Waals surface area (Å²) in [6.07, 6.45) is 5.52. The Labute approximate surface area is 175 Å². The van der Waals surface area contributed by atoms with Crippen molar-refractivity contribution in [2.24, 2.45) is 0 Å². The van der Waals surface area contributed by atoms with Gasteiger partial charge in [0.15, 0.2) is 11.5 Å². The molecule has 2 fully saturated rings. The summed E-state index contributed by atoms with van der Waals surface area (Å²) in [5.74, 6) is 1.33. The molecule has 3 aliphatic heterocycles. The van der Waals surface area contributed by atoms with E-state index in [0.29, 0.717) is 49.4 Å². The third-order valence-corrected chi connectivity index (χ3v) is 5.82. The zero-order valence-electron chi connectivity index (χ0n) is 16.4. The van der Waals surface area contributed by atoms with E-state index in [1.807, 2.05) is 15.9 Å². The number of carbonyl (C=O) groups excluding carboxylic acids is 2. The highest BCUT2D eigenvalue weighted by atomic mass is 35.5. The first-order valence-corrected chi connectivity index (χ1v) is 10.5. The van der Waals surface area contributed by atoms with Gasteiger partial charge in [-0.15, -0.1) is 0 Å². The van der Waals surface area contributed by atoms with Crippen LogP contribution < -0.4 is 9.47 Å². The molecule has 0 bridgehead atoms. The molecular formula is C21H26ClN3O4. The molecular weight excluding hydrogens is 394 g/mol. The third kappa shape index (κ3) is 4.85. The average molecular weight is 420 g/mol. The second kappa shape index (κ2) is 9.05. The van der Waals surface area contributed by atoms with Crippen molar-refractivity contribution in [2.75, 3.05) is 59.0 Å². The topological polar surface area (TPSA) is 62.3 Å². The SMILES string of the molecule is O=C(/C=C/c1cc(Cl)c2c(c1)OCCO2)N1CCN(CC(=O)N2CCCC2)CC1. The zero-order valence-corrected chi connectivity index (χ0v) is 17.2. The molecule has 0 N–H and O–H groups in total. The molecule has 7 nitrogen and oxygen atoms in total. The summed E-state index contributed by atoms with van der Waals surface area (Å²) in [4.78, 5) is 30.7. The lowest BCUT2D eigenvalue weighted by atomic mass is 10.1. The maximum Gasteiger partial charge on any atom is 0.246 e. The molecule has 1 aromatic rings. The standard InChI is InChI=1S/C21H26ClN3O4/c22-17-13-16(14-18-21(17)29-12-11-28-18)3-4-19(26)25-9-7-23(8-10-25)15-20(27)24-5-1-2-6-24/h3-4,13-14H,1-2,5-12,15H2/b4-3+. The van der Waals surface area contributed by atoms with Crippen molar-refractivity contribution < 1.29 is 19.1 Å². The molecule has 8 heteroatoms. The molecule has 1 aromatic carbocycles. The second-order valence-electron chi connectivity index (χ2n) is 7.55. The molecule has 3 aliphatic rings. The molecule has 29 heavy (non-hydrogen) atoms. The van der Waals surface area contributed by atoms with Gasteiger partial charge in [-0.1, -0.05) is 11.6 Å². The van der Waals surface area contributed by atoms with Crippen molar-refractivity contribution in [1.29, 1.82) is 0 Å². The fourth-order valence-electron chi connectivity index (χ4n) is 3.88. The maximum atomic E-state index is 12.5. The number of ether oxygens (including phenoxy) is 2. The Morgan fingerprint density at radius 1 is 0.966 bits per heavy atom. The number of benzene rings is 1. The highest BCUT2D eigenvalue weighted by Gasteiger charge is 2.24. The largest absolute Gasteiger partial charge is 0.486 e. The summed E-state index contributed by atoms with van der Waals surface area (Å²) in [6, 6.07) is 3.59. The Bertz CT molecular complexity index is 799. The van der Waals surface area contributed by atoms with E-state index in [1.165, 1.54) is 0 Å². The van der Waals surface area contributed by atoms with E-state index in [2.05, 4.69) is 4.90 Å². The molecule has 3 heterocycles. The molecule has 0 saturated carbocycles. The van der Waals surface area contributed by atoms with Gasteiger partial charge in [-0.25, -0.2) is 0 Å². The van der Waals surface area contributed by atoms with Crippen LogP contribution in [0.1, 0.15) is 18.4 Å². The Morgan fingerprint density at radius 3 is 2.45 bits per heavy atom. The number of nitrogens with zero attached hydrogens (tertiary/aromatic N) is 3. The normalized spacial score (nSPS) is 19.8. The average Bonchev–Trinajstić information content (AvgIpc) is 3.28. The van der Waals surface area contributed by atoms with E-state index < -0.39 is 0 Å². The van der Waals surface area contributed by atoms with Gasteiger partial charge < -0.3 is 19.3 Å². The minimum atomic E-state index is -0.0402. The number of hydrogen-bond acceptors (Lipinski definition) is 5. The van der Waals surface area contributed by atoms with Gasteiger partial charge in [0, 0.05) is 45.3 Å². The number of amides is 2. The molecule has 0 unspecified atom stereocenters. The van der Waals surface area contributed by atoms with Gasteiger partial charge in [-0.3, -0.25) is 14.5 Å². The van der Waals surface area contributed by atoms with Crippen molar-refractivity contribution in [1.82, 2.24) is 14.7 Å². The summed E-state index contributed by atoms with van der Waals surface area (Å²) in [5.41, 5.74) is 0.794. The summed E-state index contributed by atoms with van der Waals surface area (Å²) >= 11 is 6.25. The Morgan fingerprint density at radius 2 is 1.69 bits per heavy atom. The van der Waals surface area contributed by atoms with E-state index in [1.54, 1.807) is 18.2 Å². The number of rotatable bonds is 4. The van der Waals surface area contributed by atoms with Gasteiger partial charge in [0.2, 0.25) is 11.8 Å². The summed E-state index contributed by atoms with van der Waals surface area (Å²) in [6.45, 7) is 5.86. The van der Waals surface area contributed by atoms with E-state index >= 15 is 0 Å². The highest BCUT2D eigenvalue weighted by Crippen LogP contribution is 2.38. The van der Waals surface area contributed by atoms with Crippen LogP contribution in [0.4, 0.5) is 0 Å². The predicted octanol–water partition coefficient (Wildman–Crippen LogP) is 1.89. The van der Waals surface area contributed by atoms with Crippen LogP contribution in [0.3, 0.4) is 0 Å². The quantitative estimate of drug-likeness (QED) is 0.697. The number of carbonyl (C=O) groups is 2. The first kappa shape index (κ1) is 20.0. The van der Waals surface area contributed by atoms with Crippen LogP contribution in [0.15, 0.2) is 18.2 Å². The van der Waals surface area contributed by atoms with Crippen LogP contribution in [0, 0.1) is 0 Å². The van der Waals surface area contributed by atoms with Crippen molar-refractivity contribution in [3.05, 3.63) is 28.8 Å². The molecule has 156 valence electrons. The van der Waals surface area contributed by atoms with Gasteiger partial charge >= 0.3 is 0 Å². The minimum absolute atomic E-state index is 0.0402. The molecule has 0 spiro atoms. The third-order valence-electron chi connectivity index (χ3n) is 5.54. The number of fused-ring (bicyclic) bond motifs is 1. The van der Waals surface area contributed by atoms with E-state index in [0.717, 1.165) is 44.6 Å². The van der Waals surface area contributed by atoms with Crippen LogP contribution in [-0.4, -0.2) is 85.5 Å². The predicted molar refractivity (Wildman–Crippen MR) is 110 cm³/mol. The maximum absolute atomic E-state index is 12.5. The van der Waals surface area contributed by atoms with Crippen LogP contribution in [0.5, 0.6) is 11.5 Å². The molecule has 2 amide bonds. The first-order chi connectivity index (χ1) is 14.1.